The van der Waals surface area contributed by atoms with Gasteiger partial charge in [-0.3, -0.25) is 4.79 Å². The average molecular weight is 375 g/mol. The fraction of sp³-hybridized carbons (Fsp3) is 0.400. The maximum atomic E-state index is 12.3. The number of hydrogen-bond donors (Lipinski definition) is 1. The smallest absolute Gasteiger partial charge is 0.224 e. The molecule has 0 spiro atoms. The van der Waals surface area contributed by atoms with E-state index in [1.54, 1.807) is 25.4 Å². The second-order valence-electron chi connectivity index (χ2n) is 6.50. The molecule has 1 amide bonds. The van der Waals surface area contributed by atoms with Crippen LogP contribution in [-0.2, 0) is 11.2 Å². The summed E-state index contributed by atoms with van der Waals surface area (Å²) in [7, 11) is 1.62. The number of carbonyl (C=O) groups excluding carboxylic acids is 1. The summed E-state index contributed by atoms with van der Waals surface area (Å²) in [6.45, 7) is 0. The molecule has 0 atom stereocenters. The third kappa shape index (κ3) is 5.36. The van der Waals surface area contributed by atoms with Gasteiger partial charge in [0.25, 0.3) is 0 Å². The molecular formula is C20H23ClN2O3. The van der Waals surface area contributed by atoms with E-state index in [0.717, 1.165) is 37.0 Å². The molecule has 0 radical (unpaired) electrons. The van der Waals surface area contributed by atoms with Gasteiger partial charge < -0.3 is 14.8 Å². The van der Waals surface area contributed by atoms with Gasteiger partial charge in [0.2, 0.25) is 11.8 Å². The zero-order valence-corrected chi connectivity index (χ0v) is 15.5. The summed E-state index contributed by atoms with van der Waals surface area (Å²) in [6, 6.07) is 11.4. The Bertz CT molecular complexity index is 728. The van der Waals surface area contributed by atoms with Crippen LogP contribution in [0.1, 0.15) is 31.2 Å². The SMILES string of the molecule is COc1cccc(CC(=O)NC2CCC(Oc3ccc(Cl)cn3)CC2)c1. The largest absolute Gasteiger partial charge is 0.497 e. The minimum atomic E-state index is 0.0435. The topological polar surface area (TPSA) is 60.5 Å². The van der Waals surface area contributed by atoms with Crippen LogP contribution in [0.5, 0.6) is 11.6 Å². The molecule has 0 bridgehead atoms. The molecule has 1 N–H and O–H groups in total. The summed E-state index contributed by atoms with van der Waals surface area (Å²) in [5.41, 5.74) is 0.952. The molecule has 1 aliphatic rings. The zero-order chi connectivity index (χ0) is 18.4. The number of methoxy groups -OCH3 is 1. The van der Waals surface area contributed by atoms with E-state index < -0.39 is 0 Å². The summed E-state index contributed by atoms with van der Waals surface area (Å²) < 4.78 is 11.1. The van der Waals surface area contributed by atoms with Crippen LogP contribution in [-0.4, -0.2) is 30.1 Å². The molecule has 3 rings (SSSR count). The first-order valence-corrected chi connectivity index (χ1v) is 9.20. The summed E-state index contributed by atoms with van der Waals surface area (Å²) in [6.07, 6.45) is 5.69. The number of halogens is 1. The third-order valence-corrected chi connectivity index (χ3v) is 4.75. The molecule has 1 saturated carbocycles. The number of nitrogens with zero attached hydrogens (tertiary/aromatic N) is 1. The van der Waals surface area contributed by atoms with Crippen molar-refractivity contribution in [1.82, 2.24) is 10.3 Å². The van der Waals surface area contributed by atoms with Crippen molar-refractivity contribution < 1.29 is 14.3 Å². The quantitative estimate of drug-likeness (QED) is 0.835. The monoisotopic (exact) mass is 374 g/mol. The van der Waals surface area contributed by atoms with Gasteiger partial charge in [-0.25, -0.2) is 4.98 Å². The maximum absolute atomic E-state index is 12.3. The van der Waals surface area contributed by atoms with Gasteiger partial charge in [0, 0.05) is 18.3 Å². The molecule has 0 unspecified atom stereocenters. The summed E-state index contributed by atoms with van der Waals surface area (Å²) >= 11 is 5.83. The van der Waals surface area contributed by atoms with E-state index in [-0.39, 0.29) is 18.1 Å². The van der Waals surface area contributed by atoms with E-state index in [2.05, 4.69) is 10.3 Å². The van der Waals surface area contributed by atoms with Crippen molar-refractivity contribution in [3.05, 3.63) is 53.2 Å². The summed E-state index contributed by atoms with van der Waals surface area (Å²) in [4.78, 5) is 16.4. The van der Waals surface area contributed by atoms with Crippen molar-refractivity contribution in [2.75, 3.05) is 7.11 Å². The lowest BCUT2D eigenvalue weighted by atomic mass is 9.92. The Morgan fingerprint density at radius 3 is 2.73 bits per heavy atom. The lowest BCUT2D eigenvalue weighted by Crippen LogP contribution is -2.40. The molecule has 26 heavy (non-hydrogen) atoms. The lowest BCUT2D eigenvalue weighted by molar-refractivity contribution is -0.121. The van der Waals surface area contributed by atoms with Crippen molar-refractivity contribution in [2.45, 2.75) is 44.2 Å². The van der Waals surface area contributed by atoms with Gasteiger partial charge in [-0.05, 0) is 49.4 Å². The highest BCUT2D eigenvalue weighted by Crippen LogP contribution is 2.23. The first-order valence-electron chi connectivity index (χ1n) is 8.83. The minimum Gasteiger partial charge on any atom is -0.497 e. The predicted molar refractivity (Wildman–Crippen MR) is 101 cm³/mol. The Morgan fingerprint density at radius 2 is 2.04 bits per heavy atom. The van der Waals surface area contributed by atoms with Crippen LogP contribution < -0.4 is 14.8 Å². The fourth-order valence-electron chi connectivity index (χ4n) is 3.17. The van der Waals surface area contributed by atoms with Gasteiger partial charge in [-0.1, -0.05) is 23.7 Å². The maximum Gasteiger partial charge on any atom is 0.224 e. The van der Waals surface area contributed by atoms with Crippen LogP contribution in [0.2, 0.25) is 5.02 Å². The van der Waals surface area contributed by atoms with Crippen molar-refractivity contribution in [2.24, 2.45) is 0 Å². The van der Waals surface area contributed by atoms with E-state index in [1.807, 2.05) is 24.3 Å². The molecule has 0 aliphatic heterocycles. The fourth-order valence-corrected chi connectivity index (χ4v) is 3.29. The van der Waals surface area contributed by atoms with Gasteiger partial charge in [0.1, 0.15) is 11.9 Å². The number of ether oxygens (including phenoxy) is 2. The molecule has 0 saturated heterocycles. The average Bonchev–Trinajstić information content (AvgIpc) is 2.65. The number of aromatic nitrogens is 1. The number of benzene rings is 1. The van der Waals surface area contributed by atoms with Gasteiger partial charge in [0.15, 0.2) is 0 Å². The Balaban J connectivity index is 1.43. The Morgan fingerprint density at radius 1 is 1.23 bits per heavy atom. The normalized spacial score (nSPS) is 19.6. The van der Waals surface area contributed by atoms with Crippen LogP contribution in [0.25, 0.3) is 0 Å². The van der Waals surface area contributed by atoms with Gasteiger partial charge in [-0.2, -0.15) is 0 Å². The van der Waals surface area contributed by atoms with Gasteiger partial charge in [0.05, 0.1) is 18.6 Å². The Kier molecular flexibility index (Phi) is 6.34. The number of pyridine rings is 1. The highest BCUT2D eigenvalue weighted by atomic mass is 35.5. The van der Waals surface area contributed by atoms with Crippen LogP contribution >= 0.6 is 11.6 Å². The first kappa shape index (κ1) is 18.5. The number of carbonyl (C=O) groups is 1. The van der Waals surface area contributed by atoms with E-state index in [9.17, 15) is 4.79 Å². The lowest BCUT2D eigenvalue weighted by Gasteiger charge is -2.29. The molecule has 1 aliphatic carbocycles. The Labute approximate surface area is 158 Å². The molecule has 2 aromatic rings. The van der Waals surface area contributed by atoms with E-state index in [4.69, 9.17) is 21.1 Å². The molecule has 138 valence electrons. The third-order valence-electron chi connectivity index (χ3n) is 4.53. The molecule has 1 heterocycles. The van der Waals surface area contributed by atoms with E-state index in [1.165, 1.54) is 0 Å². The summed E-state index contributed by atoms with van der Waals surface area (Å²) in [5.74, 6) is 1.41. The number of amides is 1. The van der Waals surface area contributed by atoms with Crippen molar-refractivity contribution in [3.63, 3.8) is 0 Å². The zero-order valence-electron chi connectivity index (χ0n) is 14.8. The number of rotatable bonds is 6. The molecular weight excluding hydrogens is 352 g/mol. The molecule has 6 heteroatoms. The summed E-state index contributed by atoms with van der Waals surface area (Å²) in [5, 5.41) is 3.73. The van der Waals surface area contributed by atoms with Gasteiger partial charge in [-0.15, -0.1) is 0 Å². The van der Waals surface area contributed by atoms with Crippen LogP contribution in [0.4, 0.5) is 0 Å². The highest BCUT2D eigenvalue weighted by Gasteiger charge is 2.24. The van der Waals surface area contributed by atoms with E-state index >= 15 is 0 Å². The van der Waals surface area contributed by atoms with Crippen molar-refractivity contribution in [3.8, 4) is 11.6 Å². The highest BCUT2D eigenvalue weighted by molar-refractivity contribution is 6.30. The van der Waals surface area contributed by atoms with Gasteiger partial charge >= 0.3 is 0 Å². The second-order valence-corrected chi connectivity index (χ2v) is 6.94. The van der Waals surface area contributed by atoms with Crippen LogP contribution in [0.15, 0.2) is 42.6 Å². The van der Waals surface area contributed by atoms with Crippen LogP contribution in [0, 0.1) is 0 Å². The minimum absolute atomic E-state index is 0.0435. The predicted octanol–water partition coefficient (Wildman–Crippen LogP) is 3.79. The standard InChI is InChI=1S/C20H23ClN2O3/c1-25-18-4-2-3-14(11-18)12-19(24)23-16-6-8-17(9-7-16)26-20-10-5-15(21)13-22-20/h2-5,10-11,13,16-17H,6-9,12H2,1H3,(H,23,24). The van der Waals surface area contributed by atoms with Crippen molar-refractivity contribution in [1.29, 1.82) is 0 Å². The number of nitrogens with one attached hydrogen (secondary N) is 1. The Hall–Kier alpha value is -2.27. The molecule has 5 nitrogen and oxygen atoms in total. The van der Waals surface area contributed by atoms with E-state index in [0.29, 0.717) is 17.3 Å². The molecule has 1 aromatic heterocycles. The molecule has 1 fully saturated rings. The van der Waals surface area contributed by atoms with Crippen molar-refractivity contribution >= 4 is 17.5 Å². The first-order chi connectivity index (χ1) is 12.6. The number of hydrogen-bond acceptors (Lipinski definition) is 4. The second kappa shape index (κ2) is 8.90. The molecule has 1 aromatic carbocycles. The van der Waals surface area contributed by atoms with Crippen LogP contribution in [0.3, 0.4) is 0 Å².